The van der Waals surface area contributed by atoms with Gasteiger partial charge in [-0.2, -0.15) is 0 Å². The molecule has 1 saturated carbocycles. The lowest BCUT2D eigenvalue weighted by Crippen LogP contribution is -2.08. The van der Waals surface area contributed by atoms with Gasteiger partial charge in [-0.1, -0.05) is 56.4 Å². The predicted molar refractivity (Wildman–Crippen MR) is 147 cm³/mol. The second kappa shape index (κ2) is 12.0. The van der Waals surface area contributed by atoms with E-state index >= 15 is 0 Å². The minimum absolute atomic E-state index is 0.0504. The van der Waals surface area contributed by atoms with Crippen LogP contribution in [0.2, 0.25) is 0 Å². The topological polar surface area (TPSA) is 55.8 Å². The van der Waals surface area contributed by atoms with Gasteiger partial charge < -0.3 is 14.6 Å². The van der Waals surface area contributed by atoms with E-state index in [-0.39, 0.29) is 18.2 Å². The molecule has 200 valence electrons. The summed E-state index contributed by atoms with van der Waals surface area (Å²) in [4.78, 5) is 11.3. The van der Waals surface area contributed by atoms with E-state index in [0.29, 0.717) is 17.9 Å². The van der Waals surface area contributed by atoms with Crippen molar-refractivity contribution in [3.8, 4) is 22.6 Å². The van der Waals surface area contributed by atoms with Crippen LogP contribution in [0.1, 0.15) is 79.5 Å². The summed E-state index contributed by atoms with van der Waals surface area (Å²) < 4.78 is 26.5. The fraction of sp³-hybridized carbons (Fsp3) is 0.424. The Kier molecular flexibility index (Phi) is 8.31. The minimum Gasteiger partial charge on any atom is -0.497 e. The summed E-state index contributed by atoms with van der Waals surface area (Å²) in [6, 6.07) is 17.2. The summed E-state index contributed by atoms with van der Waals surface area (Å²) >= 11 is 0. The van der Waals surface area contributed by atoms with Gasteiger partial charge in [0.15, 0.2) is 0 Å². The van der Waals surface area contributed by atoms with Crippen molar-refractivity contribution in [2.75, 3.05) is 7.11 Å². The Balaban J connectivity index is 1.36. The fourth-order valence-corrected chi connectivity index (χ4v) is 6.22. The molecule has 2 aliphatic rings. The number of rotatable bonds is 10. The van der Waals surface area contributed by atoms with E-state index in [2.05, 4.69) is 12.1 Å². The molecule has 0 radical (unpaired) electrons. The van der Waals surface area contributed by atoms with Gasteiger partial charge >= 0.3 is 5.97 Å². The van der Waals surface area contributed by atoms with Gasteiger partial charge in [-0.25, -0.2) is 4.39 Å². The van der Waals surface area contributed by atoms with E-state index in [1.807, 2.05) is 24.3 Å². The molecule has 5 rings (SSSR count). The van der Waals surface area contributed by atoms with Crippen molar-refractivity contribution in [1.82, 2.24) is 0 Å². The molecular weight excluding hydrogens is 479 g/mol. The molecule has 1 atom stereocenters. The van der Waals surface area contributed by atoms with Gasteiger partial charge in [0.2, 0.25) is 0 Å². The fourth-order valence-electron chi connectivity index (χ4n) is 6.22. The van der Waals surface area contributed by atoms with Gasteiger partial charge in [0.1, 0.15) is 23.9 Å². The zero-order valence-electron chi connectivity index (χ0n) is 22.2. The Morgan fingerprint density at radius 2 is 1.76 bits per heavy atom. The molecule has 0 saturated heterocycles. The van der Waals surface area contributed by atoms with Crippen molar-refractivity contribution in [1.29, 1.82) is 0 Å². The number of carbonyl (C=O) groups is 1. The van der Waals surface area contributed by atoms with Gasteiger partial charge in [-0.15, -0.1) is 0 Å². The third-order valence-corrected chi connectivity index (χ3v) is 8.33. The summed E-state index contributed by atoms with van der Waals surface area (Å²) in [5, 5.41) is 9.26. The molecule has 0 amide bonds. The van der Waals surface area contributed by atoms with Crippen LogP contribution >= 0.6 is 0 Å². The SMILES string of the molecule is COc1ccc(F)c(-c2ccc(COc3ccc4c(c3)[C@@H](CC(=O)O)CC4)cc2CCC2CCCCC2)c1. The van der Waals surface area contributed by atoms with Crippen molar-refractivity contribution < 1.29 is 23.8 Å². The van der Waals surface area contributed by atoms with Crippen LogP contribution in [0.4, 0.5) is 4.39 Å². The lowest BCUT2D eigenvalue weighted by atomic mass is 9.84. The Bertz CT molecular complexity index is 1280. The first kappa shape index (κ1) is 26.3. The molecule has 3 aromatic rings. The van der Waals surface area contributed by atoms with Gasteiger partial charge in [0.05, 0.1) is 13.5 Å². The number of hydrogen-bond donors (Lipinski definition) is 1. The first-order valence-electron chi connectivity index (χ1n) is 13.9. The van der Waals surface area contributed by atoms with Crippen molar-refractivity contribution >= 4 is 5.97 Å². The molecule has 0 aromatic heterocycles. The van der Waals surface area contributed by atoms with E-state index in [1.165, 1.54) is 43.7 Å². The van der Waals surface area contributed by atoms with E-state index in [0.717, 1.165) is 59.6 Å². The van der Waals surface area contributed by atoms with Crippen LogP contribution in [0, 0.1) is 11.7 Å². The molecule has 38 heavy (non-hydrogen) atoms. The number of ether oxygens (including phenoxy) is 2. The minimum atomic E-state index is -0.762. The number of carboxylic acids is 1. The number of methoxy groups -OCH3 is 1. The quantitative estimate of drug-likeness (QED) is 0.296. The van der Waals surface area contributed by atoms with Crippen LogP contribution in [0.5, 0.6) is 11.5 Å². The van der Waals surface area contributed by atoms with Crippen molar-refractivity contribution in [2.24, 2.45) is 5.92 Å². The number of aryl methyl sites for hydroxylation is 2. The second-order valence-electron chi connectivity index (χ2n) is 10.9. The number of fused-ring (bicyclic) bond motifs is 1. The number of hydrogen-bond acceptors (Lipinski definition) is 3. The maximum atomic E-state index is 14.9. The second-order valence-corrected chi connectivity index (χ2v) is 10.9. The first-order chi connectivity index (χ1) is 18.5. The molecule has 1 N–H and O–H groups in total. The van der Waals surface area contributed by atoms with Crippen LogP contribution in [0.3, 0.4) is 0 Å². The molecule has 0 bridgehead atoms. The Labute approximate surface area is 224 Å². The van der Waals surface area contributed by atoms with Gasteiger partial charge in [0, 0.05) is 5.56 Å². The Morgan fingerprint density at radius 1 is 0.947 bits per heavy atom. The number of carboxylic acid groups (broad SMARTS) is 1. The first-order valence-corrected chi connectivity index (χ1v) is 13.9. The number of benzene rings is 3. The summed E-state index contributed by atoms with van der Waals surface area (Å²) in [6.45, 7) is 0.402. The van der Waals surface area contributed by atoms with Crippen LogP contribution in [-0.2, 0) is 24.2 Å². The van der Waals surface area contributed by atoms with Crippen LogP contribution in [-0.4, -0.2) is 18.2 Å². The molecule has 2 aliphatic carbocycles. The third kappa shape index (κ3) is 6.20. The lowest BCUT2D eigenvalue weighted by Gasteiger charge is -2.22. The average Bonchev–Trinajstić information content (AvgIpc) is 3.33. The Hall–Kier alpha value is -3.34. The van der Waals surface area contributed by atoms with E-state index in [4.69, 9.17) is 9.47 Å². The summed E-state index contributed by atoms with van der Waals surface area (Å²) in [7, 11) is 1.60. The number of aliphatic carboxylic acids is 1. The lowest BCUT2D eigenvalue weighted by molar-refractivity contribution is -0.137. The molecule has 0 aliphatic heterocycles. The zero-order valence-corrected chi connectivity index (χ0v) is 22.2. The van der Waals surface area contributed by atoms with Crippen molar-refractivity contribution in [2.45, 2.75) is 76.7 Å². The summed E-state index contributed by atoms with van der Waals surface area (Å²) in [5.41, 5.74) is 5.98. The normalized spacial score (nSPS) is 17.3. The highest BCUT2D eigenvalue weighted by atomic mass is 19.1. The molecule has 3 aromatic carbocycles. The molecule has 5 heteroatoms. The average molecular weight is 517 g/mol. The molecule has 1 fully saturated rings. The molecule has 0 heterocycles. The van der Waals surface area contributed by atoms with Crippen LogP contribution < -0.4 is 9.47 Å². The molecule has 0 unspecified atom stereocenters. The Morgan fingerprint density at radius 3 is 2.55 bits per heavy atom. The van der Waals surface area contributed by atoms with Gasteiger partial charge in [-0.3, -0.25) is 4.79 Å². The smallest absolute Gasteiger partial charge is 0.303 e. The maximum absolute atomic E-state index is 14.9. The van der Waals surface area contributed by atoms with Gasteiger partial charge in [0.25, 0.3) is 0 Å². The van der Waals surface area contributed by atoms with Crippen molar-refractivity contribution in [3.05, 3.63) is 82.7 Å². The highest BCUT2D eigenvalue weighted by Gasteiger charge is 2.25. The highest BCUT2D eigenvalue weighted by Crippen LogP contribution is 2.38. The van der Waals surface area contributed by atoms with E-state index in [9.17, 15) is 14.3 Å². The van der Waals surface area contributed by atoms with E-state index in [1.54, 1.807) is 19.2 Å². The monoisotopic (exact) mass is 516 g/mol. The standard InChI is InChI=1S/C33H37FO4/c1-37-27-14-16-32(34)31(19-27)29-15-8-23(17-25(29)9-7-22-5-3-2-4-6-22)21-38-28-13-12-24-10-11-26(18-33(35)36)30(24)20-28/h8,12-17,19-20,22,26H,2-7,9-11,18,21H2,1H3,(H,35,36)/t26-/m1/s1. The van der Waals surface area contributed by atoms with Crippen LogP contribution in [0.15, 0.2) is 54.6 Å². The zero-order chi connectivity index (χ0) is 26.5. The summed E-state index contributed by atoms with van der Waals surface area (Å²) in [5.74, 6) is 1.18. The van der Waals surface area contributed by atoms with E-state index < -0.39 is 5.97 Å². The highest BCUT2D eigenvalue weighted by molar-refractivity contribution is 5.70. The molecular formula is C33H37FO4. The predicted octanol–water partition coefficient (Wildman–Crippen LogP) is 8.10. The third-order valence-electron chi connectivity index (χ3n) is 8.33. The summed E-state index contributed by atoms with van der Waals surface area (Å²) in [6.07, 6.45) is 10.5. The van der Waals surface area contributed by atoms with Crippen LogP contribution in [0.25, 0.3) is 11.1 Å². The van der Waals surface area contributed by atoms with Gasteiger partial charge in [-0.05, 0) is 95.7 Å². The molecule has 4 nitrogen and oxygen atoms in total. The van der Waals surface area contributed by atoms with Crippen molar-refractivity contribution in [3.63, 3.8) is 0 Å². The maximum Gasteiger partial charge on any atom is 0.303 e. The molecule has 0 spiro atoms. The largest absolute Gasteiger partial charge is 0.497 e. The number of halogens is 1.